The van der Waals surface area contributed by atoms with Crippen molar-refractivity contribution in [1.82, 2.24) is 10.3 Å². The van der Waals surface area contributed by atoms with Crippen LogP contribution in [0.25, 0.3) is 0 Å². The summed E-state index contributed by atoms with van der Waals surface area (Å²) in [4.78, 5) is 4.68. The van der Waals surface area contributed by atoms with E-state index in [1.165, 1.54) is 16.8 Å². The summed E-state index contributed by atoms with van der Waals surface area (Å²) in [6.45, 7) is 3.21. The summed E-state index contributed by atoms with van der Waals surface area (Å²) in [5.41, 5.74) is 5.59. The van der Waals surface area contributed by atoms with Crippen molar-refractivity contribution in [3.05, 3.63) is 46.7 Å². The highest BCUT2D eigenvalue weighted by molar-refractivity contribution is 5.52. The molecule has 0 saturated heterocycles. The average Bonchev–Trinajstić information content (AvgIpc) is 2.83. The van der Waals surface area contributed by atoms with E-state index in [9.17, 15) is 0 Å². The Labute approximate surface area is 113 Å². The number of nitrogens with zero attached hydrogens (tertiary/aromatic N) is 1. The molecule has 1 aromatic rings. The van der Waals surface area contributed by atoms with E-state index in [2.05, 4.69) is 35.4 Å². The van der Waals surface area contributed by atoms with Gasteiger partial charge in [0.15, 0.2) is 0 Å². The van der Waals surface area contributed by atoms with Crippen LogP contribution >= 0.6 is 0 Å². The Hall–Kier alpha value is -1.61. The Bertz CT molecular complexity index is 617. The molecular formula is C16H18N2O. The second kappa shape index (κ2) is 3.70. The van der Waals surface area contributed by atoms with Crippen LogP contribution in [-0.2, 0) is 12.0 Å². The predicted molar refractivity (Wildman–Crippen MR) is 74.1 cm³/mol. The third kappa shape index (κ3) is 1.39. The summed E-state index contributed by atoms with van der Waals surface area (Å²) >= 11 is 0. The molecule has 2 aliphatic carbocycles. The fourth-order valence-corrected chi connectivity index (χ4v) is 4.02. The molecule has 98 valence electrons. The van der Waals surface area contributed by atoms with Crippen molar-refractivity contribution in [2.24, 2.45) is 5.92 Å². The Morgan fingerprint density at radius 1 is 1.42 bits per heavy atom. The molecule has 0 fully saturated rings. The second-order valence-electron chi connectivity index (χ2n) is 5.79. The van der Waals surface area contributed by atoms with Gasteiger partial charge in [-0.3, -0.25) is 0 Å². The zero-order valence-corrected chi connectivity index (χ0v) is 11.4. The van der Waals surface area contributed by atoms with Gasteiger partial charge in [-0.15, -0.1) is 0 Å². The first-order valence-corrected chi connectivity index (χ1v) is 6.90. The molecule has 2 bridgehead atoms. The minimum Gasteiger partial charge on any atom is -0.481 e. The monoisotopic (exact) mass is 254 g/mol. The van der Waals surface area contributed by atoms with Crippen molar-refractivity contribution in [1.29, 1.82) is 0 Å². The second-order valence-corrected chi connectivity index (χ2v) is 5.79. The highest BCUT2D eigenvalue weighted by atomic mass is 16.5. The SMILES string of the molecule is COc1ccc2c(n1)C[C@@H]1C=C(C)C[C@]23NCC=C13. The Morgan fingerprint density at radius 3 is 3.16 bits per heavy atom. The van der Waals surface area contributed by atoms with Gasteiger partial charge in [0.05, 0.1) is 18.3 Å². The molecule has 3 heteroatoms. The minimum atomic E-state index is 0.0103. The first kappa shape index (κ1) is 11.2. The van der Waals surface area contributed by atoms with Crippen LogP contribution in [0.2, 0.25) is 0 Å². The lowest BCUT2D eigenvalue weighted by Crippen LogP contribution is -2.47. The van der Waals surface area contributed by atoms with Gasteiger partial charge in [0.25, 0.3) is 0 Å². The molecule has 0 radical (unpaired) electrons. The lowest BCUT2D eigenvalue weighted by molar-refractivity contribution is 0.352. The Balaban J connectivity index is 1.94. The van der Waals surface area contributed by atoms with Crippen LogP contribution in [0.3, 0.4) is 0 Å². The molecule has 2 atom stereocenters. The lowest BCUT2D eigenvalue weighted by Gasteiger charge is -2.45. The van der Waals surface area contributed by atoms with Crippen molar-refractivity contribution < 1.29 is 4.74 Å². The molecule has 19 heavy (non-hydrogen) atoms. The number of rotatable bonds is 1. The summed E-state index contributed by atoms with van der Waals surface area (Å²) in [5, 5.41) is 3.71. The van der Waals surface area contributed by atoms with E-state index >= 15 is 0 Å². The highest BCUT2D eigenvalue weighted by Gasteiger charge is 2.48. The molecule has 4 rings (SSSR count). The molecule has 1 N–H and O–H groups in total. The zero-order valence-electron chi connectivity index (χ0n) is 11.4. The normalized spacial score (nSPS) is 31.2. The van der Waals surface area contributed by atoms with Gasteiger partial charge in [-0.05, 0) is 30.5 Å². The van der Waals surface area contributed by atoms with Gasteiger partial charge in [0.2, 0.25) is 5.88 Å². The summed E-state index contributed by atoms with van der Waals surface area (Å²) in [6, 6.07) is 4.18. The number of methoxy groups -OCH3 is 1. The number of nitrogens with one attached hydrogen (secondary N) is 1. The molecule has 0 amide bonds. The van der Waals surface area contributed by atoms with Crippen LogP contribution in [0.4, 0.5) is 0 Å². The maximum absolute atomic E-state index is 5.27. The van der Waals surface area contributed by atoms with Gasteiger partial charge in [-0.1, -0.05) is 17.7 Å². The number of ether oxygens (including phenoxy) is 1. The van der Waals surface area contributed by atoms with Gasteiger partial charge in [0.1, 0.15) is 0 Å². The van der Waals surface area contributed by atoms with Crippen LogP contribution < -0.4 is 10.1 Å². The van der Waals surface area contributed by atoms with Gasteiger partial charge in [0, 0.05) is 24.9 Å². The van der Waals surface area contributed by atoms with E-state index in [-0.39, 0.29) is 5.54 Å². The first-order valence-electron chi connectivity index (χ1n) is 6.90. The third-order valence-corrected chi connectivity index (χ3v) is 4.68. The number of hydrogen-bond acceptors (Lipinski definition) is 3. The van der Waals surface area contributed by atoms with Gasteiger partial charge in [-0.2, -0.15) is 0 Å². The van der Waals surface area contributed by atoms with E-state index in [4.69, 9.17) is 4.74 Å². The van der Waals surface area contributed by atoms with Crippen LogP contribution in [0.1, 0.15) is 24.6 Å². The van der Waals surface area contributed by atoms with E-state index in [1.54, 1.807) is 12.7 Å². The molecule has 0 aromatic carbocycles. The number of pyridine rings is 1. The van der Waals surface area contributed by atoms with Crippen LogP contribution in [-0.4, -0.2) is 18.6 Å². The number of fused-ring (bicyclic) bond motifs is 1. The molecule has 0 unspecified atom stereocenters. The lowest BCUT2D eigenvalue weighted by atomic mass is 9.64. The molecule has 3 aliphatic rings. The maximum Gasteiger partial charge on any atom is 0.213 e. The number of hydrogen-bond donors (Lipinski definition) is 1. The highest BCUT2D eigenvalue weighted by Crippen LogP contribution is 2.51. The van der Waals surface area contributed by atoms with Crippen molar-refractivity contribution >= 4 is 0 Å². The maximum atomic E-state index is 5.27. The zero-order chi connectivity index (χ0) is 13.0. The largest absolute Gasteiger partial charge is 0.481 e. The molecule has 1 aromatic heterocycles. The summed E-state index contributed by atoms with van der Waals surface area (Å²) in [5.74, 6) is 1.23. The average molecular weight is 254 g/mol. The quantitative estimate of drug-likeness (QED) is 0.781. The molecule has 0 saturated carbocycles. The molecular weight excluding hydrogens is 236 g/mol. The van der Waals surface area contributed by atoms with E-state index in [0.717, 1.165) is 25.3 Å². The summed E-state index contributed by atoms with van der Waals surface area (Å²) in [6.07, 6.45) is 6.86. The molecule has 1 aliphatic heterocycles. The fourth-order valence-electron chi connectivity index (χ4n) is 4.02. The van der Waals surface area contributed by atoms with Crippen LogP contribution in [0.15, 0.2) is 35.4 Å². The smallest absolute Gasteiger partial charge is 0.213 e. The Morgan fingerprint density at radius 2 is 2.32 bits per heavy atom. The Kier molecular flexibility index (Phi) is 2.19. The number of aromatic nitrogens is 1. The van der Waals surface area contributed by atoms with Gasteiger partial charge >= 0.3 is 0 Å². The van der Waals surface area contributed by atoms with Crippen LogP contribution in [0.5, 0.6) is 5.88 Å². The van der Waals surface area contributed by atoms with E-state index in [0.29, 0.717) is 5.92 Å². The van der Waals surface area contributed by atoms with Crippen molar-refractivity contribution in [2.45, 2.75) is 25.3 Å². The topological polar surface area (TPSA) is 34.1 Å². The van der Waals surface area contributed by atoms with E-state index < -0.39 is 0 Å². The standard InChI is InChI=1S/C16H18N2O/c1-10-7-11-8-14-13(3-4-15(18-14)19-2)16(9-10)12(11)5-6-17-16/h3-5,7,11,17H,6,8-9H2,1-2H3/t11-,16+/m0/s1. The minimum absolute atomic E-state index is 0.0103. The van der Waals surface area contributed by atoms with E-state index in [1.807, 2.05) is 6.07 Å². The summed E-state index contributed by atoms with van der Waals surface area (Å²) < 4.78 is 5.27. The molecule has 2 heterocycles. The van der Waals surface area contributed by atoms with Crippen LogP contribution in [0, 0.1) is 5.92 Å². The number of allylic oxidation sites excluding steroid dienone is 1. The third-order valence-electron chi connectivity index (χ3n) is 4.68. The molecule has 3 nitrogen and oxygen atoms in total. The van der Waals surface area contributed by atoms with Gasteiger partial charge in [-0.25, -0.2) is 4.98 Å². The predicted octanol–water partition coefficient (Wildman–Crippen LogP) is 2.34. The van der Waals surface area contributed by atoms with Crippen molar-refractivity contribution in [2.75, 3.05) is 13.7 Å². The van der Waals surface area contributed by atoms with Crippen molar-refractivity contribution in [3.8, 4) is 5.88 Å². The fraction of sp³-hybridized carbons (Fsp3) is 0.438. The first-order chi connectivity index (χ1) is 9.23. The summed E-state index contributed by atoms with van der Waals surface area (Å²) in [7, 11) is 1.68. The van der Waals surface area contributed by atoms with Crippen molar-refractivity contribution in [3.63, 3.8) is 0 Å². The van der Waals surface area contributed by atoms with Gasteiger partial charge < -0.3 is 10.1 Å². The molecule has 0 spiro atoms.